The van der Waals surface area contributed by atoms with Gasteiger partial charge in [-0.1, -0.05) is 6.07 Å². The number of nitrogens with one attached hydrogen (secondary N) is 2. The molecule has 2 fully saturated rings. The van der Waals surface area contributed by atoms with Gasteiger partial charge in [0, 0.05) is 18.3 Å². The van der Waals surface area contributed by atoms with Crippen molar-refractivity contribution in [2.24, 2.45) is 0 Å². The summed E-state index contributed by atoms with van der Waals surface area (Å²) in [4.78, 5) is 11.7. The Balaban J connectivity index is 1.73. The van der Waals surface area contributed by atoms with Crippen molar-refractivity contribution in [2.75, 3.05) is 21.9 Å². The van der Waals surface area contributed by atoms with E-state index in [1.54, 1.807) is 24.3 Å². The molecule has 2 aliphatic rings. The Morgan fingerprint density at radius 1 is 1.30 bits per heavy atom. The first-order valence-corrected chi connectivity index (χ1v) is 8.33. The van der Waals surface area contributed by atoms with E-state index < -0.39 is 10.0 Å². The molecule has 6 nitrogen and oxygen atoms in total. The molecule has 1 saturated heterocycles. The topological polar surface area (TPSA) is 78.5 Å². The number of nitrogens with zero attached hydrogens (tertiary/aromatic N) is 1. The highest BCUT2D eigenvalue weighted by Gasteiger charge is 2.28. The van der Waals surface area contributed by atoms with Crippen LogP contribution in [0.5, 0.6) is 0 Å². The van der Waals surface area contributed by atoms with Gasteiger partial charge in [0.15, 0.2) is 0 Å². The van der Waals surface area contributed by atoms with Crippen LogP contribution in [0.2, 0.25) is 0 Å². The number of rotatable bonds is 3. The smallest absolute Gasteiger partial charge is 0.319 e. The molecule has 2 N–H and O–H groups in total. The summed E-state index contributed by atoms with van der Waals surface area (Å²) in [5.74, 6) is 0.187. The van der Waals surface area contributed by atoms with Gasteiger partial charge in [-0.05, 0) is 37.5 Å². The van der Waals surface area contributed by atoms with Crippen LogP contribution >= 0.6 is 0 Å². The van der Waals surface area contributed by atoms with Gasteiger partial charge < -0.3 is 10.6 Å². The zero-order chi connectivity index (χ0) is 14.2. The molecule has 0 unspecified atom stereocenters. The number of carbonyl (C=O) groups is 1. The molecule has 108 valence electrons. The molecule has 0 bridgehead atoms. The highest BCUT2D eigenvalue weighted by molar-refractivity contribution is 7.93. The van der Waals surface area contributed by atoms with E-state index in [0.717, 1.165) is 12.8 Å². The van der Waals surface area contributed by atoms with Crippen LogP contribution in [0.15, 0.2) is 24.3 Å². The summed E-state index contributed by atoms with van der Waals surface area (Å²) >= 11 is 0. The van der Waals surface area contributed by atoms with E-state index in [-0.39, 0.29) is 17.8 Å². The Morgan fingerprint density at radius 3 is 2.75 bits per heavy atom. The number of hydrogen-bond acceptors (Lipinski definition) is 3. The molecule has 7 heteroatoms. The minimum atomic E-state index is -3.19. The number of hydrogen-bond donors (Lipinski definition) is 2. The van der Waals surface area contributed by atoms with Crippen molar-refractivity contribution >= 4 is 27.4 Å². The van der Waals surface area contributed by atoms with Crippen molar-refractivity contribution in [2.45, 2.75) is 25.3 Å². The maximum absolute atomic E-state index is 11.9. The molecule has 1 saturated carbocycles. The summed E-state index contributed by atoms with van der Waals surface area (Å²) in [6.07, 6.45) is 2.70. The molecule has 0 aromatic heterocycles. The Kier molecular flexibility index (Phi) is 3.29. The lowest BCUT2D eigenvalue weighted by Crippen LogP contribution is -2.30. The van der Waals surface area contributed by atoms with E-state index in [1.807, 2.05) is 0 Å². The Bertz CT molecular complexity index is 626. The summed E-state index contributed by atoms with van der Waals surface area (Å²) in [6.45, 7) is 0.500. The quantitative estimate of drug-likeness (QED) is 0.887. The van der Waals surface area contributed by atoms with Crippen LogP contribution in [0.4, 0.5) is 16.2 Å². The first kappa shape index (κ1) is 13.2. The van der Waals surface area contributed by atoms with Crippen LogP contribution in [0, 0.1) is 0 Å². The molecule has 20 heavy (non-hydrogen) atoms. The molecule has 1 aliphatic carbocycles. The average molecular weight is 295 g/mol. The Hall–Kier alpha value is -1.76. The lowest BCUT2D eigenvalue weighted by Gasteiger charge is -2.17. The van der Waals surface area contributed by atoms with Crippen LogP contribution in [0.1, 0.15) is 19.3 Å². The molecule has 3 rings (SSSR count). The van der Waals surface area contributed by atoms with Crippen LogP contribution in [-0.4, -0.2) is 32.8 Å². The Morgan fingerprint density at radius 2 is 2.10 bits per heavy atom. The lowest BCUT2D eigenvalue weighted by atomic mass is 10.2. The van der Waals surface area contributed by atoms with Gasteiger partial charge in [0.1, 0.15) is 0 Å². The van der Waals surface area contributed by atoms with Crippen molar-refractivity contribution < 1.29 is 13.2 Å². The zero-order valence-corrected chi connectivity index (χ0v) is 11.8. The monoisotopic (exact) mass is 295 g/mol. The first-order valence-electron chi connectivity index (χ1n) is 6.73. The SMILES string of the molecule is O=C(Nc1cccc(N2CCCS2(=O)=O)c1)NC1CC1. The second-order valence-corrected chi connectivity index (χ2v) is 7.18. The number of carbonyl (C=O) groups excluding carboxylic acids is 1. The zero-order valence-electron chi connectivity index (χ0n) is 11.0. The van der Waals surface area contributed by atoms with Crippen molar-refractivity contribution in [1.29, 1.82) is 0 Å². The van der Waals surface area contributed by atoms with E-state index in [9.17, 15) is 13.2 Å². The number of urea groups is 1. The van der Waals surface area contributed by atoms with Gasteiger partial charge in [-0.2, -0.15) is 0 Å². The summed E-state index contributed by atoms with van der Waals surface area (Å²) in [5, 5.41) is 5.56. The number of amides is 2. The number of sulfonamides is 1. The van der Waals surface area contributed by atoms with Crippen molar-refractivity contribution in [3.05, 3.63) is 24.3 Å². The molecule has 0 atom stereocenters. The maximum Gasteiger partial charge on any atom is 0.319 e. The van der Waals surface area contributed by atoms with Gasteiger partial charge in [0.25, 0.3) is 0 Å². The van der Waals surface area contributed by atoms with Gasteiger partial charge in [-0.25, -0.2) is 13.2 Å². The molecule has 2 amide bonds. The first-order chi connectivity index (χ1) is 9.54. The third-order valence-corrected chi connectivity index (χ3v) is 5.27. The molecular formula is C13H17N3O3S. The highest BCUT2D eigenvalue weighted by Crippen LogP contribution is 2.26. The van der Waals surface area contributed by atoms with Gasteiger partial charge in [-0.3, -0.25) is 4.31 Å². The fourth-order valence-electron chi connectivity index (χ4n) is 2.25. The molecule has 1 aromatic carbocycles. The molecule has 1 aromatic rings. The second-order valence-electron chi connectivity index (χ2n) is 5.16. The fourth-order valence-corrected chi connectivity index (χ4v) is 3.80. The predicted octanol–water partition coefficient (Wildman–Crippen LogP) is 1.51. The highest BCUT2D eigenvalue weighted by atomic mass is 32.2. The minimum Gasteiger partial charge on any atom is -0.335 e. The normalized spacial score (nSPS) is 20.7. The molecule has 0 spiro atoms. The van der Waals surface area contributed by atoms with Gasteiger partial charge in [-0.15, -0.1) is 0 Å². The van der Waals surface area contributed by atoms with Crippen molar-refractivity contribution in [3.63, 3.8) is 0 Å². The van der Waals surface area contributed by atoms with E-state index in [4.69, 9.17) is 0 Å². The maximum atomic E-state index is 11.9. The van der Waals surface area contributed by atoms with Crippen LogP contribution in [0.25, 0.3) is 0 Å². The standard InChI is InChI=1S/C13H17N3O3S/c17-13(14-10-5-6-10)15-11-3-1-4-12(9-11)16-7-2-8-20(16,18)19/h1,3-4,9-10H,2,5-8H2,(H2,14,15,17). The van der Waals surface area contributed by atoms with E-state index >= 15 is 0 Å². The van der Waals surface area contributed by atoms with Gasteiger partial charge >= 0.3 is 6.03 Å². The summed E-state index contributed by atoms with van der Waals surface area (Å²) in [5.41, 5.74) is 1.20. The summed E-state index contributed by atoms with van der Waals surface area (Å²) in [6, 6.07) is 6.97. The number of anilines is 2. The van der Waals surface area contributed by atoms with Gasteiger partial charge in [0.2, 0.25) is 10.0 Å². The lowest BCUT2D eigenvalue weighted by molar-refractivity contribution is 0.251. The molecular weight excluding hydrogens is 278 g/mol. The van der Waals surface area contributed by atoms with Crippen LogP contribution < -0.4 is 14.9 Å². The summed E-state index contributed by atoms with van der Waals surface area (Å²) in [7, 11) is -3.19. The predicted molar refractivity (Wildman–Crippen MR) is 77.4 cm³/mol. The third-order valence-electron chi connectivity index (χ3n) is 3.40. The van der Waals surface area contributed by atoms with E-state index in [0.29, 0.717) is 24.3 Å². The van der Waals surface area contributed by atoms with Crippen LogP contribution in [0.3, 0.4) is 0 Å². The van der Waals surface area contributed by atoms with Crippen LogP contribution in [-0.2, 0) is 10.0 Å². The molecule has 0 radical (unpaired) electrons. The third kappa shape index (κ3) is 2.87. The molecule has 1 aliphatic heterocycles. The van der Waals surface area contributed by atoms with E-state index in [1.165, 1.54) is 4.31 Å². The fraction of sp³-hybridized carbons (Fsp3) is 0.462. The average Bonchev–Trinajstić information content (AvgIpc) is 3.11. The van der Waals surface area contributed by atoms with Crippen molar-refractivity contribution in [1.82, 2.24) is 5.32 Å². The summed E-state index contributed by atoms with van der Waals surface area (Å²) < 4.78 is 25.2. The number of benzene rings is 1. The second kappa shape index (κ2) is 4.97. The minimum absolute atomic E-state index is 0.187. The van der Waals surface area contributed by atoms with Gasteiger partial charge in [0.05, 0.1) is 11.4 Å². The Labute approximate surface area is 118 Å². The molecule has 1 heterocycles. The van der Waals surface area contributed by atoms with Crippen molar-refractivity contribution in [3.8, 4) is 0 Å². The largest absolute Gasteiger partial charge is 0.335 e. The van der Waals surface area contributed by atoms with E-state index in [2.05, 4.69) is 10.6 Å².